The maximum Gasteiger partial charge on any atom is 0.274 e. The van der Waals surface area contributed by atoms with Gasteiger partial charge in [0.1, 0.15) is 5.70 Å². The average molecular weight is 278 g/mol. The molecule has 3 rings (SSSR count). The summed E-state index contributed by atoms with van der Waals surface area (Å²) in [5.74, 6) is -0.781. The van der Waals surface area contributed by atoms with E-state index in [-0.39, 0.29) is 11.6 Å². The second kappa shape index (κ2) is 5.63. The van der Waals surface area contributed by atoms with E-state index in [1.54, 1.807) is 0 Å². The highest BCUT2D eigenvalue weighted by Crippen LogP contribution is 2.16. The van der Waals surface area contributed by atoms with E-state index in [2.05, 4.69) is 22.8 Å². The molecule has 2 aromatic rings. The molecule has 21 heavy (non-hydrogen) atoms. The van der Waals surface area contributed by atoms with Crippen LogP contribution in [0.15, 0.2) is 66.4 Å². The van der Waals surface area contributed by atoms with Crippen LogP contribution in [-0.4, -0.2) is 11.8 Å². The van der Waals surface area contributed by atoms with Gasteiger partial charge in [-0.3, -0.25) is 14.9 Å². The molecule has 1 aliphatic heterocycles. The number of nitrogens with one attached hydrogen (secondary N) is 2. The second-order valence-electron chi connectivity index (χ2n) is 4.86. The van der Waals surface area contributed by atoms with Crippen molar-refractivity contribution in [3.63, 3.8) is 0 Å². The highest BCUT2D eigenvalue weighted by Gasteiger charge is 2.20. The van der Waals surface area contributed by atoms with Gasteiger partial charge in [0.25, 0.3) is 11.8 Å². The van der Waals surface area contributed by atoms with Crippen molar-refractivity contribution < 1.29 is 9.59 Å². The number of anilines is 1. The van der Waals surface area contributed by atoms with Gasteiger partial charge in [-0.25, -0.2) is 0 Å². The third kappa shape index (κ3) is 3.17. The first-order valence-electron chi connectivity index (χ1n) is 6.67. The molecular weight excluding hydrogens is 264 g/mol. The number of carbonyl (C=O) groups excluding carboxylic acids is 2. The number of amides is 2. The Kier molecular flexibility index (Phi) is 3.51. The Labute approximate surface area is 122 Å². The molecule has 0 aromatic heterocycles. The van der Waals surface area contributed by atoms with Crippen molar-refractivity contribution >= 4 is 17.5 Å². The molecule has 0 spiro atoms. The molecule has 2 aromatic carbocycles. The molecule has 104 valence electrons. The van der Waals surface area contributed by atoms with Gasteiger partial charge in [0.2, 0.25) is 0 Å². The molecule has 0 atom stereocenters. The molecule has 2 amide bonds. The van der Waals surface area contributed by atoms with E-state index in [9.17, 15) is 9.59 Å². The second-order valence-corrected chi connectivity index (χ2v) is 4.86. The highest BCUT2D eigenvalue weighted by atomic mass is 16.2. The van der Waals surface area contributed by atoms with E-state index in [1.165, 1.54) is 17.2 Å². The van der Waals surface area contributed by atoms with E-state index in [0.29, 0.717) is 0 Å². The normalized spacial score (nSPS) is 13.8. The zero-order chi connectivity index (χ0) is 14.7. The van der Waals surface area contributed by atoms with E-state index in [1.807, 2.05) is 42.5 Å². The first-order valence-corrected chi connectivity index (χ1v) is 6.67. The zero-order valence-corrected chi connectivity index (χ0v) is 11.3. The number of benzene rings is 2. The first kappa shape index (κ1) is 13.1. The van der Waals surface area contributed by atoms with Crippen LogP contribution in [0.4, 0.5) is 5.69 Å². The summed E-state index contributed by atoms with van der Waals surface area (Å²) >= 11 is 0. The van der Waals surface area contributed by atoms with Crippen LogP contribution in [0.1, 0.15) is 11.1 Å². The summed E-state index contributed by atoms with van der Waals surface area (Å²) in [6.07, 6.45) is 2.13. The Morgan fingerprint density at radius 1 is 0.857 bits per heavy atom. The minimum Gasteiger partial charge on any atom is -0.351 e. The third-order valence-corrected chi connectivity index (χ3v) is 3.24. The van der Waals surface area contributed by atoms with Gasteiger partial charge in [-0.1, -0.05) is 42.5 Å². The molecule has 4 heteroatoms. The average Bonchev–Trinajstić information content (AvgIpc) is 2.80. The van der Waals surface area contributed by atoms with Crippen molar-refractivity contribution in [1.82, 2.24) is 5.32 Å². The van der Waals surface area contributed by atoms with Crippen LogP contribution >= 0.6 is 0 Å². The molecule has 2 N–H and O–H groups in total. The van der Waals surface area contributed by atoms with Gasteiger partial charge in [-0.2, -0.15) is 0 Å². The molecule has 1 aliphatic rings. The maximum absolute atomic E-state index is 11.4. The predicted molar refractivity (Wildman–Crippen MR) is 80.5 cm³/mol. The van der Waals surface area contributed by atoms with Gasteiger partial charge in [0.05, 0.1) is 0 Å². The van der Waals surface area contributed by atoms with Gasteiger partial charge in [-0.05, 0) is 29.7 Å². The molecule has 0 saturated heterocycles. The topological polar surface area (TPSA) is 58.2 Å². The molecule has 4 nitrogen and oxygen atoms in total. The summed E-state index contributed by atoms with van der Waals surface area (Å²) in [6, 6.07) is 18.0. The fraction of sp³-hybridized carbons (Fsp3) is 0.0588. The van der Waals surface area contributed by atoms with Crippen LogP contribution in [0.25, 0.3) is 0 Å². The monoisotopic (exact) mass is 278 g/mol. The van der Waals surface area contributed by atoms with Crippen LogP contribution < -0.4 is 10.6 Å². The largest absolute Gasteiger partial charge is 0.351 e. The van der Waals surface area contributed by atoms with Crippen molar-refractivity contribution in [3.05, 3.63) is 77.5 Å². The minimum atomic E-state index is -0.395. The van der Waals surface area contributed by atoms with Crippen LogP contribution in [0.3, 0.4) is 0 Å². The number of rotatable bonds is 4. The molecule has 1 heterocycles. The summed E-state index contributed by atoms with van der Waals surface area (Å²) in [4.78, 5) is 22.5. The number of carbonyl (C=O) groups is 2. The molecule has 0 unspecified atom stereocenters. The smallest absolute Gasteiger partial charge is 0.274 e. The lowest BCUT2D eigenvalue weighted by Gasteiger charge is -2.07. The Hall–Kier alpha value is -2.88. The lowest BCUT2D eigenvalue weighted by molar-refractivity contribution is -0.123. The van der Waals surface area contributed by atoms with Crippen molar-refractivity contribution in [2.75, 3.05) is 5.32 Å². The predicted octanol–water partition coefficient (Wildman–Crippen LogP) is 2.23. The van der Waals surface area contributed by atoms with E-state index in [4.69, 9.17) is 0 Å². The molecule has 0 fully saturated rings. The van der Waals surface area contributed by atoms with Crippen molar-refractivity contribution in [3.8, 4) is 0 Å². The zero-order valence-electron chi connectivity index (χ0n) is 11.3. The van der Waals surface area contributed by atoms with E-state index < -0.39 is 5.91 Å². The lowest BCUT2D eigenvalue weighted by atomic mass is 10.0. The SMILES string of the molecule is O=C1C=C(Nc2ccc(Cc3ccccc3)cc2)C(=O)N1. The summed E-state index contributed by atoms with van der Waals surface area (Å²) in [5, 5.41) is 5.14. The standard InChI is InChI=1S/C17H14N2O2/c20-16-11-15(17(21)19-16)18-14-8-6-13(7-9-14)10-12-4-2-1-3-5-12/h1-9,11H,10H2,(H2,18,19,20,21). The van der Waals surface area contributed by atoms with Gasteiger partial charge < -0.3 is 5.32 Å². The highest BCUT2D eigenvalue weighted by molar-refractivity contribution is 6.17. The fourth-order valence-electron chi connectivity index (χ4n) is 2.20. The summed E-state index contributed by atoms with van der Waals surface area (Å²) in [5.41, 5.74) is 3.49. The van der Waals surface area contributed by atoms with Crippen LogP contribution in [0.5, 0.6) is 0 Å². The first-order chi connectivity index (χ1) is 10.2. The van der Waals surface area contributed by atoms with Gasteiger partial charge in [0.15, 0.2) is 0 Å². The molecular formula is C17H14N2O2. The van der Waals surface area contributed by atoms with Gasteiger partial charge >= 0.3 is 0 Å². The van der Waals surface area contributed by atoms with Crippen LogP contribution in [0, 0.1) is 0 Å². The number of imide groups is 1. The number of hydrogen-bond donors (Lipinski definition) is 2. The quantitative estimate of drug-likeness (QED) is 0.843. The van der Waals surface area contributed by atoms with Crippen molar-refractivity contribution in [1.29, 1.82) is 0 Å². The summed E-state index contributed by atoms with van der Waals surface area (Å²) < 4.78 is 0. The molecule has 0 saturated carbocycles. The minimum absolute atomic E-state index is 0.274. The maximum atomic E-state index is 11.4. The molecule has 0 aliphatic carbocycles. The Balaban J connectivity index is 1.69. The third-order valence-electron chi connectivity index (χ3n) is 3.24. The van der Waals surface area contributed by atoms with Gasteiger partial charge in [0, 0.05) is 11.8 Å². The summed E-state index contributed by atoms with van der Waals surface area (Å²) in [7, 11) is 0. The number of hydrogen-bond acceptors (Lipinski definition) is 3. The molecule has 0 bridgehead atoms. The molecule has 0 radical (unpaired) electrons. The Morgan fingerprint density at radius 3 is 2.14 bits per heavy atom. The lowest BCUT2D eigenvalue weighted by Crippen LogP contribution is -2.24. The van der Waals surface area contributed by atoms with Gasteiger partial charge in [-0.15, -0.1) is 0 Å². The van der Waals surface area contributed by atoms with E-state index in [0.717, 1.165) is 12.1 Å². The fourth-order valence-corrected chi connectivity index (χ4v) is 2.20. The van der Waals surface area contributed by atoms with Crippen LogP contribution in [-0.2, 0) is 16.0 Å². The van der Waals surface area contributed by atoms with E-state index >= 15 is 0 Å². The summed E-state index contributed by atoms with van der Waals surface area (Å²) in [6.45, 7) is 0. The Morgan fingerprint density at radius 2 is 1.52 bits per heavy atom. The Bertz CT molecular complexity index is 703. The van der Waals surface area contributed by atoms with Crippen molar-refractivity contribution in [2.24, 2.45) is 0 Å². The van der Waals surface area contributed by atoms with Crippen molar-refractivity contribution in [2.45, 2.75) is 6.42 Å². The van der Waals surface area contributed by atoms with Crippen LogP contribution in [0.2, 0.25) is 0 Å².